The van der Waals surface area contributed by atoms with Crippen molar-refractivity contribution in [1.29, 1.82) is 0 Å². The Bertz CT molecular complexity index is 554. The van der Waals surface area contributed by atoms with Gasteiger partial charge in [-0.3, -0.25) is 0 Å². The Labute approximate surface area is 116 Å². The third-order valence-electron chi connectivity index (χ3n) is 2.63. The molecule has 2 aromatic carbocycles. The number of ether oxygens (including phenoxy) is 2. The number of aryl methyl sites for hydroxylation is 2. The highest BCUT2D eigenvalue weighted by atomic mass is 16.6. The Hall–Kier alpha value is -2.62. The maximum atomic E-state index is 11.6. The van der Waals surface area contributed by atoms with E-state index in [0.717, 1.165) is 11.1 Å². The highest BCUT2D eigenvalue weighted by Gasteiger charge is 2.19. The number of rotatable bonds is 2. The van der Waals surface area contributed by atoms with Gasteiger partial charge in [-0.2, -0.15) is 0 Å². The topological polar surface area (TPSA) is 52.6 Å². The lowest BCUT2D eigenvalue weighted by Gasteiger charge is -2.05. The Kier molecular flexibility index (Phi) is 4.15. The van der Waals surface area contributed by atoms with Gasteiger partial charge in [-0.1, -0.05) is 35.4 Å². The van der Waals surface area contributed by atoms with Gasteiger partial charge in [-0.15, -0.1) is 0 Å². The Morgan fingerprint density at radius 3 is 1.25 bits per heavy atom. The summed E-state index contributed by atoms with van der Waals surface area (Å²) in [5, 5.41) is 0. The fraction of sp³-hybridized carbons (Fsp3) is 0.125. The predicted molar refractivity (Wildman–Crippen MR) is 73.6 cm³/mol. The van der Waals surface area contributed by atoms with Crippen LogP contribution in [0.3, 0.4) is 0 Å². The van der Waals surface area contributed by atoms with E-state index in [-0.39, 0.29) is 0 Å². The number of esters is 2. The van der Waals surface area contributed by atoms with Crippen molar-refractivity contribution >= 4 is 11.9 Å². The van der Waals surface area contributed by atoms with E-state index < -0.39 is 11.9 Å². The molecule has 0 unspecified atom stereocenters. The second kappa shape index (κ2) is 6.02. The van der Waals surface area contributed by atoms with Crippen molar-refractivity contribution in [2.45, 2.75) is 13.8 Å². The fourth-order valence-electron chi connectivity index (χ4n) is 1.51. The summed E-state index contributed by atoms with van der Waals surface area (Å²) in [6, 6.07) is 13.6. The van der Waals surface area contributed by atoms with E-state index in [4.69, 9.17) is 9.47 Å². The van der Waals surface area contributed by atoms with Gasteiger partial charge in [0.1, 0.15) is 11.5 Å². The zero-order valence-electron chi connectivity index (χ0n) is 11.3. The minimum absolute atomic E-state index is 0.307. The molecular weight excluding hydrogens is 256 g/mol. The number of carbonyl (C=O) groups is 2. The van der Waals surface area contributed by atoms with Gasteiger partial charge < -0.3 is 9.47 Å². The summed E-state index contributed by atoms with van der Waals surface area (Å²) in [6.07, 6.45) is 0. The fourth-order valence-corrected chi connectivity index (χ4v) is 1.51. The zero-order valence-corrected chi connectivity index (χ0v) is 11.3. The van der Waals surface area contributed by atoms with E-state index in [1.165, 1.54) is 0 Å². The van der Waals surface area contributed by atoms with E-state index in [0.29, 0.717) is 11.5 Å². The van der Waals surface area contributed by atoms with Crippen LogP contribution in [0.2, 0.25) is 0 Å². The molecule has 2 rings (SSSR count). The summed E-state index contributed by atoms with van der Waals surface area (Å²) in [4.78, 5) is 23.1. The van der Waals surface area contributed by atoms with Crippen LogP contribution in [0.1, 0.15) is 11.1 Å². The minimum Gasteiger partial charge on any atom is -0.418 e. The maximum Gasteiger partial charge on any atom is 0.423 e. The summed E-state index contributed by atoms with van der Waals surface area (Å²) in [6.45, 7) is 3.83. The third-order valence-corrected chi connectivity index (χ3v) is 2.63. The summed E-state index contributed by atoms with van der Waals surface area (Å²) < 4.78 is 9.83. The van der Waals surface area contributed by atoms with Gasteiger partial charge in [0, 0.05) is 0 Å². The molecule has 0 radical (unpaired) electrons. The maximum absolute atomic E-state index is 11.6. The van der Waals surface area contributed by atoms with E-state index in [2.05, 4.69) is 0 Å². The van der Waals surface area contributed by atoms with Crippen LogP contribution < -0.4 is 9.47 Å². The molecule has 0 saturated carbocycles. The first-order valence-electron chi connectivity index (χ1n) is 6.12. The predicted octanol–water partition coefficient (Wildman–Crippen LogP) is 2.81. The van der Waals surface area contributed by atoms with E-state index in [1.54, 1.807) is 48.5 Å². The largest absolute Gasteiger partial charge is 0.423 e. The van der Waals surface area contributed by atoms with Crippen LogP contribution in [0.5, 0.6) is 11.5 Å². The lowest BCUT2D eigenvalue weighted by atomic mass is 10.2. The molecule has 0 fully saturated rings. The number of carbonyl (C=O) groups excluding carboxylic acids is 2. The molecule has 0 spiro atoms. The van der Waals surface area contributed by atoms with Gasteiger partial charge in [0.15, 0.2) is 0 Å². The van der Waals surface area contributed by atoms with E-state index in [1.807, 2.05) is 13.8 Å². The molecule has 0 N–H and O–H groups in total. The van der Waals surface area contributed by atoms with Crippen LogP contribution in [0, 0.1) is 13.8 Å². The molecule has 102 valence electrons. The second-order valence-electron chi connectivity index (χ2n) is 4.41. The molecule has 20 heavy (non-hydrogen) atoms. The van der Waals surface area contributed by atoms with Crippen molar-refractivity contribution in [2.75, 3.05) is 0 Å². The van der Waals surface area contributed by atoms with Crippen LogP contribution in [0.4, 0.5) is 0 Å². The SMILES string of the molecule is Cc1ccc(OC(=O)C(=O)Oc2ccc(C)cc2)cc1. The monoisotopic (exact) mass is 270 g/mol. The molecule has 0 atom stereocenters. The van der Waals surface area contributed by atoms with Crippen molar-refractivity contribution in [2.24, 2.45) is 0 Å². The first kappa shape index (κ1) is 13.8. The molecular formula is C16H14O4. The smallest absolute Gasteiger partial charge is 0.418 e. The summed E-state index contributed by atoms with van der Waals surface area (Å²) >= 11 is 0. The van der Waals surface area contributed by atoms with Crippen LogP contribution in [-0.2, 0) is 9.59 Å². The van der Waals surface area contributed by atoms with Crippen molar-refractivity contribution in [1.82, 2.24) is 0 Å². The highest BCUT2D eigenvalue weighted by molar-refractivity contribution is 6.31. The standard InChI is InChI=1S/C16H14O4/c1-11-3-7-13(8-4-11)19-15(17)16(18)20-14-9-5-12(2)6-10-14/h3-10H,1-2H3. The van der Waals surface area contributed by atoms with E-state index in [9.17, 15) is 9.59 Å². The molecule has 0 aliphatic rings. The molecule has 0 aliphatic heterocycles. The molecule has 0 bridgehead atoms. The molecule has 4 nitrogen and oxygen atoms in total. The lowest BCUT2D eigenvalue weighted by molar-refractivity contribution is -0.156. The molecule has 0 heterocycles. The van der Waals surface area contributed by atoms with Gasteiger partial charge >= 0.3 is 11.9 Å². The van der Waals surface area contributed by atoms with Crippen molar-refractivity contribution < 1.29 is 19.1 Å². The highest BCUT2D eigenvalue weighted by Crippen LogP contribution is 2.14. The van der Waals surface area contributed by atoms with Crippen LogP contribution in [-0.4, -0.2) is 11.9 Å². The molecule has 0 amide bonds. The number of hydrogen-bond acceptors (Lipinski definition) is 4. The summed E-state index contributed by atoms with van der Waals surface area (Å²) in [5.74, 6) is -1.48. The van der Waals surface area contributed by atoms with Gasteiger partial charge in [0.25, 0.3) is 0 Å². The van der Waals surface area contributed by atoms with Gasteiger partial charge in [0.05, 0.1) is 0 Å². The van der Waals surface area contributed by atoms with Gasteiger partial charge in [-0.05, 0) is 38.1 Å². The van der Waals surface area contributed by atoms with Gasteiger partial charge in [0.2, 0.25) is 0 Å². The summed E-state index contributed by atoms with van der Waals surface area (Å²) in [7, 11) is 0. The normalized spacial score (nSPS) is 9.90. The van der Waals surface area contributed by atoms with Crippen LogP contribution in [0.25, 0.3) is 0 Å². The molecule has 0 saturated heterocycles. The minimum atomic E-state index is -1.05. The van der Waals surface area contributed by atoms with Crippen LogP contribution >= 0.6 is 0 Å². The molecule has 0 aliphatic carbocycles. The van der Waals surface area contributed by atoms with Gasteiger partial charge in [-0.25, -0.2) is 9.59 Å². The second-order valence-corrected chi connectivity index (χ2v) is 4.41. The third kappa shape index (κ3) is 3.68. The first-order chi connectivity index (χ1) is 9.54. The zero-order chi connectivity index (χ0) is 14.5. The van der Waals surface area contributed by atoms with Crippen LogP contribution in [0.15, 0.2) is 48.5 Å². The number of hydrogen-bond donors (Lipinski definition) is 0. The lowest BCUT2D eigenvalue weighted by Crippen LogP contribution is -2.25. The Morgan fingerprint density at radius 2 is 0.950 bits per heavy atom. The quantitative estimate of drug-likeness (QED) is 0.478. The molecule has 2 aromatic rings. The molecule has 0 aromatic heterocycles. The van der Waals surface area contributed by atoms with E-state index >= 15 is 0 Å². The first-order valence-corrected chi connectivity index (χ1v) is 6.12. The average molecular weight is 270 g/mol. The molecule has 4 heteroatoms. The Balaban J connectivity index is 1.96. The van der Waals surface area contributed by atoms with Crippen molar-refractivity contribution in [3.8, 4) is 11.5 Å². The van der Waals surface area contributed by atoms with Crippen molar-refractivity contribution in [3.63, 3.8) is 0 Å². The number of benzene rings is 2. The van der Waals surface area contributed by atoms with Crippen molar-refractivity contribution in [3.05, 3.63) is 59.7 Å². The average Bonchev–Trinajstić information content (AvgIpc) is 2.44. The Morgan fingerprint density at radius 1 is 0.650 bits per heavy atom. The summed E-state index contributed by atoms with van der Waals surface area (Å²) in [5.41, 5.74) is 2.07.